The van der Waals surface area contributed by atoms with E-state index >= 15 is 0 Å². The summed E-state index contributed by atoms with van der Waals surface area (Å²) in [5.74, 6) is -0.759. The summed E-state index contributed by atoms with van der Waals surface area (Å²) in [5.41, 5.74) is -0.0885. The maximum absolute atomic E-state index is 11.4. The van der Waals surface area contributed by atoms with Gasteiger partial charge in [0.2, 0.25) is 0 Å². The van der Waals surface area contributed by atoms with E-state index < -0.39 is 15.9 Å². The van der Waals surface area contributed by atoms with Gasteiger partial charge in [0, 0.05) is 0 Å². The van der Waals surface area contributed by atoms with Crippen molar-refractivity contribution in [1.82, 2.24) is 4.72 Å². The molecule has 0 saturated heterocycles. The molecule has 0 unspecified atom stereocenters. The molecule has 80 valence electrons. The highest BCUT2D eigenvalue weighted by atomic mass is 35.5. The molecule has 0 atom stereocenters. The largest absolute Gasteiger partial charge is 0.268 e. The van der Waals surface area contributed by atoms with Gasteiger partial charge in [-0.2, -0.15) is 0 Å². The van der Waals surface area contributed by atoms with Crippen molar-refractivity contribution in [2.24, 2.45) is 0 Å². The summed E-state index contributed by atoms with van der Waals surface area (Å²) in [5, 5.41) is -0.289. The molecule has 1 aliphatic heterocycles. The quantitative estimate of drug-likeness (QED) is 0.743. The summed E-state index contributed by atoms with van der Waals surface area (Å²) in [7, 11) is -3.90. The Hall–Kier alpha value is -0.490. The first-order valence-electron chi connectivity index (χ1n) is 3.59. The van der Waals surface area contributed by atoms with E-state index in [0.29, 0.717) is 0 Å². The van der Waals surface area contributed by atoms with Crippen molar-refractivity contribution in [2.75, 3.05) is 0 Å². The van der Waals surface area contributed by atoms with Crippen LogP contribution in [0.15, 0.2) is 11.0 Å². The number of rotatable bonds is 0. The zero-order valence-electron chi connectivity index (χ0n) is 6.84. The zero-order valence-corrected chi connectivity index (χ0v) is 9.93. The molecule has 0 fully saturated rings. The monoisotopic (exact) mass is 285 g/mol. The lowest BCUT2D eigenvalue weighted by Crippen LogP contribution is -2.20. The number of fused-ring (bicyclic) bond motifs is 1. The molecule has 0 bridgehead atoms. The smallest absolute Gasteiger partial charge is 0.266 e. The molecular formula is C7H2Cl3NO3S. The molecule has 0 aliphatic carbocycles. The van der Waals surface area contributed by atoms with Gasteiger partial charge < -0.3 is 0 Å². The fraction of sp³-hybridized carbons (Fsp3) is 0. The first kappa shape index (κ1) is 11.0. The number of amides is 1. The lowest BCUT2D eigenvalue weighted by Gasteiger charge is -2.03. The summed E-state index contributed by atoms with van der Waals surface area (Å²) >= 11 is 17.0. The Balaban J connectivity index is 2.94. The van der Waals surface area contributed by atoms with Crippen LogP contribution in [-0.4, -0.2) is 14.3 Å². The Morgan fingerprint density at radius 2 is 1.73 bits per heavy atom. The molecule has 8 heteroatoms. The Kier molecular flexibility index (Phi) is 2.38. The number of halogens is 3. The van der Waals surface area contributed by atoms with Crippen molar-refractivity contribution in [3.05, 3.63) is 26.7 Å². The van der Waals surface area contributed by atoms with Gasteiger partial charge in [0.25, 0.3) is 15.9 Å². The van der Waals surface area contributed by atoms with E-state index in [0.717, 1.165) is 0 Å². The van der Waals surface area contributed by atoms with Crippen LogP contribution < -0.4 is 4.72 Å². The number of hydrogen-bond acceptors (Lipinski definition) is 3. The summed E-state index contributed by atoms with van der Waals surface area (Å²) in [6, 6.07) is 1.17. The van der Waals surface area contributed by atoms with Crippen molar-refractivity contribution in [1.29, 1.82) is 0 Å². The highest BCUT2D eigenvalue weighted by molar-refractivity contribution is 7.90. The van der Waals surface area contributed by atoms with Crippen LogP contribution in [0.5, 0.6) is 0 Å². The summed E-state index contributed by atoms with van der Waals surface area (Å²) in [4.78, 5) is 10.9. The lowest BCUT2D eigenvalue weighted by atomic mass is 10.2. The number of sulfonamides is 1. The van der Waals surface area contributed by atoms with E-state index in [1.807, 2.05) is 0 Å². The minimum Gasteiger partial charge on any atom is -0.268 e. The van der Waals surface area contributed by atoms with Crippen LogP contribution in [0.25, 0.3) is 0 Å². The van der Waals surface area contributed by atoms with Crippen molar-refractivity contribution >= 4 is 50.7 Å². The van der Waals surface area contributed by atoms with Gasteiger partial charge in [-0.3, -0.25) is 4.79 Å². The summed E-state index contributed by atoms with van der Waals surface area (Å²) in [6.45, 7) is 0. The van der Waals surface area contributed by atoms with E-state index in [9.17, 15) is 13.2 Å². The van der Waals surface area contributed by atoms with Crippen LogP contribution in [-0.2, 0) is 10.0 Å². The zero-order chi connectivity index (χ0) is 11.4. The third-order valence-corrected chi connectivity index (χ3v) is 4.65. The van der Waals surface area contributed by atoms with Crippen LogP contribution >= 0.6 is 34.8 Å². The van der Waals surface area contributed by atoms with Crippen molar-refractivity contribution in [3.63, 3.8) is 0 Å². The van der Waals surface area contributed by atoms with Gasteiger partial charge in [-0.05, 0) is 6.07 Å². The molecule has 0 aromatic heterocycles. The van der Waals surface area contributed by atoms with Gasteiger partial charge in [0.05, 0.1) is 20.6 Å². The Morgan fingerprint density at radius 1 is 1.13 bits per heavy atom. The number of nitrogens with one attached hydrogen (secondary N) is 1. The van der Waals surface area contributed by atoms with E-state index in [-0.39, 0.29) is 25.5 Å². The number of carbonyl (C=O) groups excluding carboxylic acids is 1. The Bertz CT molecular complexity index is 582. The molecule has 4 nitrogen and oxygen atoms in total. The number of carbonyl (C=O) groups is 1. The van der Waals surface area contributed by atoms with Crippen LogP contribution in [0.1, 0.15) is 10.4 Å². The Labute approximate surface area is 100 Å². The van der Waals surface area contributed by atoms with Gasteiger partial charge >= 0.3 is 0 Å². The number of benzene rings is 1. The van der Waals surface area contributed by atoms with Gasteiger partial charge in [-0.15, -0.1) is 0 Å². The lowest BCUT2D eigenvalue weighted by molar-refractivity contribution is 0.0985. The second kappa shape index (κ2) is 3.25. The molecule has 1 aromatic carbocycles. The van der Waals surface area contributed by atoms with Crippen LogP contribution in [0.4, 0.5) is 0 Å². The SMILES string of the molecule is O=C1NS(=O)(=O)c2c1cc(Cl)c(Cl)c2Cl. The van der Waals surface area contributed by atoms with Crippen molar-refractivity contribution in [3.8, 4) is 0 Å². The molecule has 2 rings (SSSR count). The van der Waals surface area contributed by atoms with Gasteiger partial charge in [0.15, 0.2) is 0 Å². The molecule has 1 aliphatic rings. The molecule has 1 N–H and O–H groups in total. The molecule has 1 amide bonds. The van der Waals surface area contributed by atoms with E-state index in [1.54, 1.807) is 4.72 Å². The summed E-state index contributed by atoms with van der Waals surface area (Å²) in [6.07, 6.45) is 0. The predicted molar refractivity (Wildman–Crippen MR) is 56.1 cm³/mol. The molecule has 15 heavy (non-hydrogen) atoms. The topological polar surface area (TPSA) is 63.2 Å². The molecule has 1 aromatic rings. The predicted octanol–water partition coefficient (Wildman–Crippen LogP) is 2.08. The van der Waals surface area contributed by atoms with Crippen LogP contribution in [0.3, 0.4) is 0 Å². The third-order valence-electron chi connectivity index (χ3n) is 1.86. The average molecular weight is 287 g/mol. The highest BCUT2D eigenvalue weighted by Gasteiger charge is 2.36. The maximum Gasteiger partial charge on any atom is 0.266 e. The molecular weight excluding hydrogens is 285 g/mol. The highest BCUT2D eigenvalue weighted by Crippen LogP contribution is 2.39. The summed E-state index contributed by atoms with van der Waals surface area (Å²) < 4.78 is 24.6. The van der Waals surface area contributed by atoms with Gasteiger partial charge in [0.1, 0.15) is 4.90 Å². The van der Waals surface area contributed by atoms with Gasteiger partial charge in [-0.25, -0.2) is 13.1 Å². The Morgan fingerprint density at radius 3 is 2.33 bits per heavy atom. The minimum absolute atomic E-state index is 0.0349. The molecule has 0 spiro atoms. The standard InChI is InChI=1S/C7H2Cl3NO3S/c8-3-1-2-6(5(10)4(3)9)15(13,14)11-7(2)12/h1H,(H,11,12). The first-order valence-corrected chi connectivity index (χ1v) is 6.21. The van der Waals surface area contributed by atoms with Crippen molar-refractivity contribution < 1.29 is 13.2 Å². The van der Waals surface area contributed by atoms with E-state index in [2.05, 4.69) is 0 Å². The third kappa shape index (κ3) is 1.50. The number of hydrogen-bond donors (Lipinski definition) is 1. The second-order valence-electron chi connectivity index (χ2n) is 2.80. The van der Waals surface area contributed by atoms with Crippen LogP contribution in [0.2, 0.25) is 15.1 Å². The minimum atomic E-state index is -3.90. The second-order valence-corrected chi connectivity index (χ2v) is 5.58. The van der Waals surface area contributed by atoms with Crippen LogP contribution in [0, 0.1) is 0 Å². The van der Waals surface area contributed by atoms with Gasteiger partial charge in [-0.1, -0.05) is 34.8 Å². The first-order chi connectivity index (χ1) is 6.84. The molecule has 1 heterocycles. The fourth-order valence-corrected chi connectivity index (χ4v) is 3.44. The normalized spacial score (nSPS) is 17.4. The molecule has 0 radical (unpaired) electrons. The van der Waals surface area contributed by atoms with Crippen molar-refractivity contribution in [2.45, 2.75) is 4.90 Å². The fourth-order valence-electron chi connectivity index (χ4n) is 1.24. The maximum atomic E-state index is 11.4. The van der Waals surface area contributed by atoms with E-state index in [4.69, 9.17) is 34.8 Å². The average Bonchev–Trinajstić information content (AvgIpc) is 2.33. The molecule has 0 saturated carbocycles. The van der Waals surface area contributed by atoms with E-state index in [1.165, 1.54) is 6.07 Å².